The molecule has 0 aromatic rings. The molecule has 0 spiro atoms. The first-order valence-corrected chi connectivity index (χ1v) is 5.07. The van der Waals surface area contributed by atoms with E-state index in [-0.39, 0.29) is 0 Å². The molecule has 0 fully saturated rings. The van der Waals surface area contributed by atoms with Crippen LogP contribution in [0, 0.1) is 0 Å². The molecule has 76 valence electrons. The highest BCUT2D eigenvalue weighted by Crippen LogP contribution is 2.11. The molecule has 0 saturated heterocycles. The summed E-state index contributed by atoms with van der Waals surface area (Å²) in [5, 5.41) is 0. The standard InChI is InChI=1S/C11H22N2/c1-5-9(3)10(4)11(6-2)13-8-7-12/h5-8,12H2,1-4H3. The van der Waals surface area contributed by atoms with Crippen molar-refractivity contribution in [3.8, 4) is 0 Å². The Morgan fingerprint density at radius 3 is 2.15 bits per heavy atom. The van der Waals surface area contributed by atoms with E-state index in [1.807, 2.05) is 0 Å². The Kier molecular flexibility index (Phi) is 6.51. The molecule has 0 aliphatic heterocycles. The van der Waals surface area contributed by atoms with Crippen LogP contribution in [0.25, 0.3) is 0 Å². The molecule has 0 saturated carbocycles. The van der Waals surface area contributed by atoms with Gasteiger partial charge in [0.15, 0.2) is 0 Å². The zero-order valence-electron chi connectivity index (χ0n) is 9.35. The molecule has 0 amide bonds. The summed E-state index contributed by atoms with van der Waals surface area (Å²) in [5.74, 6) is 0. The number of rotatable bonds is 5. The predicted octanol–water partition coefficient (Wildman–Crippen LogP) is 2.54. The van der Waals surface area contributed by atoms with Crippen LogP contribution in [-0.4, -0.2) is 18.8 Å². The highest BCUT2D eigenvalue weighted by Gasteiger charge is 2.01. The van der Waals surface area contributed by atoms with Gasteiger partial charge in [0.2, 0.25) is 0 Å². The van der Waals surface area contributed by atoms with Crippen LogP contribution in [0.3, 0.4) is 0 Å². The van der Waals surface area contributed by atoms with Crippen molar-refractivity contribution < 1.29 is 0 Å². The maximum absolute atomic E-state index is 5.42. The van der Waals surface area contributed by atoms with Crippen molar-refractivity contribution in [1.82, 2.24) is 0 Å². The van der Waals surface area contributed by atoms with Crippen molar-refractivity contribution in [2.75, 3.05) is 13.1 Å². The largest absolute Gasteiger partial charge is 0.329 e. The van der Waals surface area contributed by atoms with Crippen molar-refractivity contribution in [3.63, 3.8) is 0 Å². The summed E-state index contributed by atoms with van der Waals surface area (Å²) in [4.78, 5) is 4.46. The van der Waals surface area contributed by atoms with Crippen LogP contribution in [0.1, 0.15) is 40.5 Å². The van der Waals surface area contributed by atoms with Crippen molar-refractivity contribution in [3.05, 3.63) is 11.1 Å². The van der Waals surface area contributed by atoms with Gasteiger partial charge in [0.05, 0.1) is 6.54 Å². The van der Waals surface area contributed by atoms with Gasteiger partial charge in [-0.1, -0.05) is 19.4 Å². The van der Waals surface area contributed by atoms with Gasteiger partial charge in [0, 0.05) is 12.3 Å². The van der Waals surface area contributed by atoms with E-state index in [4.69, 9.17) is 5.73 Å². The lowest BCUT2D eigenvalue weighted by molar-refractivity contribution is 0.963. The fourth-order valence-electron chi connectivity index (χ4n) is 1.21. The lowest BCUT2D eigenvalue weighted by Crippen LogP contribution is -2.07. The molecular formula is C11H22N2. The van der Waals surface area contributed by atoms with Crippen LogP contribution < -0.4 is 5.73 Å². The third-order valence-electron chi connectivity index (χ3n) is 2.37. The second-order valence-corrected chi connectivity index (χ2v) is 3.23. The zero-order chi connectivity index (χ0) is 10.3. The fourth-order valence-corrected chi connectivity index (χ4v) is 1.21. The molecule has 0 atom stereocenters. The van der Waals surface area contributed by atoms with Crippen LogP contribution in [0.5, 0.6) is 0 Å². The predicted molar refractivity (Wildman–Crippen MR) is 60.3 cm³/mol. The second kappa shape index (κ2) is 6.84. The van der Waals surface area contributed by atoms with Gasteiger partial charge in [-0.25, -0.2) is 0 Å². The Balaban J connectivity index is 4.57. The molecule has 2 heteroatoms. The quantitative estimate of drug-likeness (QED) is 0.652. The first-order chi connectivity index (χ1) is 6.17. The number of nitrogens with zero attached hydrogens (tertiary/aromatic N) is 1. The van der Waals surface area contributed by atoms with Gasteiger partial charge in [-0.05, 0) is 32.3 Å². The van der Waals surface area contributed by atoms with E-state index in [0.29, 0.717) is 6.54 Å². The second-order valence-electron chi connectivity index (χ2n) is 3.23. The molecule has 2 N–H and O–H groups in total. The lowest BCUT2D eigenvalue weighted by Gasteiger charge is -2.07. The van der Waals surface area contributed by atoms with Crippen LogP contribution >= 0.6 is 0 Å². The van der Waals surface area contributed by atoms with E-state index in [9.17, 15) is 0 Å². The third-order valence-corrected chi connectivity index (χ3v) is 2.37. The van der Waals surface area contributed by atoms with E-state index in [1.54, 1.807) is 0 Å². The summed E-state index contributed by atoms with van der Waals surface area (Å²) in [5.41, 5.74) is 9.40. The summed E-state index contributed by atoms with van der Waals surface area (Å²) in [6.07, 6.45) is 2.11. The smallest absolute Gasteiger partial charge is 0.0515 e. The first kappa shape index (κ1) is 12.4. The van der Waals surface area contributed by atoms with Gasteiger partial charge in [-0.2, -0.15) is 0 Å². The average molecular weight is 182 g/mol. The Morgan fingerprint density at radius 2 is 1.77 bits per heavy atom. The third kappa shape index (κ3) is 4.23. The first-order valence-electron chi connectivity index (χ1n) is 5.07. The maximum Gasteiger partial charge on any atom is 0.0515 e. The molecule has 0 heterocycles. The highest BCUT2D eigenvalue weighted by molar-refractivity contribution is 6.00. The Hall–Kier alpha value is -0.630. The Bertz CT molecular complexity index is 202. The van der Waals surface area contributed by atoms with Gasteiger partial charge in [-0.3, -0.25) is 4.99 Å². The summed E-state index contributed by atoms with van der Waals surface area (Å²) in [7, 11) is 0. The molecule has 0 aliphatic rings. The molecular weight excluding hydrogens is 160 g/mol. The van der Waals surface area contributed by atoms with Gasteiger partial charge < -0.3 is 5.73 Å². The maximum atomic E-state index is 5.42. The normalized spacial score (nSPS) is 14.4. The van der Waals surface area contributed by atoms with Crippen molar-refractivity contribution >= 4 is 5.71 Å². The summed E-state index contributed by atoms with van der Waals surface area (Å²) in [6, 6.07) is 0. The number of allylic oxidation sites excluding steroid dienone is 2. The minimum Gasteiger partial charge on any atom is -0.329 e. The summed E-state index contributed by atoms with van der Waals surface area (Å²) < 4.78 is 0. The molecule has 0 rings (SSSR count). The molecule has 0 aliphatic carbocycles. The molecule has 13 heavy (non-hydrogen) atoms. The number of aliphatic imine (C=N–C) groups is 1. The lowest BCUT2D eigenvalue weighted by atomic mass is 10.0. The topological polar surface area (TPSA) is 38.4 Å². The van der Waals surface area contributed by atoms with Crippen LogP contribution in [0.15, 0.2) is 16.1 Å². The van der Waals surface area contributed by atoms with Gasteiger partial charge in [0.25, 0.3) is 0 Å². The number of hydrogen-bond acceptors (Lipinski definition) is 2. The van der Waals surface area contributed by atoms with Gasteiger partial charge in [-0.15, -0.1) is 0 Å². The van der Waals surface area contributed by atoms with Crippen molar-refractivity contribution in [2.24, 2.45) is 10.7 Å². The monoisotopic (exact) mass is 182 g/mol. The van der Waals surface area contributed by atoms with E-state index >= 15 is 0 Å². The van der Waals surface area contributed by atoms with E-state index in [2.05, 4.69) is 32.7 Å². The highest BCUT2D eigenvalue weighted by atomic mass is 14.8. The molecule has 2 nitrogen and oxygen atoms in total. The Morgan fingerprint density at radius 1 is 1.15 bits per heavy atom. The van der Waals surface area contributed by atoms with Crippen LogP contribution in [0.4, 0.5) is 0 Å². The SMILES string of the molecule is CCC(=NCCN)C(C)=C(C)CC. The molecule has 0 unspecified atom stereocenters. The minimum atomic E-state index is 0.641. The van der Waals surface area contributed by atoms with E-state index < -0.39 is 0 Å². The fraction of sp³-hybridized carbons (Fsp3) is 0.727. The zero-order valence-corrected chi connectivity index (χ0v) is 9.35. The number of nitrogens with two attached hydrogens (primary N) is 1. The van der Waals surface area contributed by atoms with Gasteiger partial charge in [0.1, 0.15) is 0 Å². The van der Waals surface area contributed by atoms with E-state index in [1.165, 1.54) is 16.9 Å². The van der Waals surface area contributed by atoms with Crippen LogP contribution in [-0.2, 0) is 0 Å². The Labute approximate surface area is 81.9 Å². The summed E-state index contributed by atoms with van der Waals surface area (Å²) in [6.45, 7) is 10.0. The minimum absolute atomic E-state index is 0.641. The van der Waals surface area contributed by atoms with Crippen molar-refractivity contribution in [1.29, 1.82) is 0 Å². The molecule has 0 aromatic heterocycles. The van der Waals surface area contributed by atoms with Gasteiger partial charge >= 0.3 is 0 Å². The number of hydrogen-bond donors (Lipinski definition) is 1. The molecule has 0 radical (unpaired) electrons. The molecule has 0 aromatic carbocycles. The van der Waals surface area contributed by atoms with E-state index in [0.717, 1.165) is 19.4 Å². The van der Waals surface area contributed by atoms with Crippen molar-refractivity contribution in [2.45, 2.75) is 40.5 Å². The van der Waals surface area contributed by atoms with Crippen LogP contribution in [0.2, 0.25) is 0 Å². The average Bonchev–Trinajstić information content (AvgIpc) is 2.17. The summed E-state index contributed by atoms with van der Waals surface area (Å²) >= 11 is 0. The molecule has 0 bridgehead atoms.